The van der Waals surface area contributed by atoms with E-state index in [0.29, 0.717) is 22.5 Å². The molecule has 7 heteroatoms. The van der Waals surface area contributed by atoms with Crippen LogP contribution >= 0.6 is 0 Å². The van der Waals surface area contributed by atoms with Gasteiger partial charge in [-0.3, -0.25) is 4.79 Å². The Morgan fingerprint density at radius 2 is 2.30 bits per heavy atom. The van der Waals surface area contributed by atoms with Crippen molar-refractivity contribution in [1.29, 1.82) is 0 Å². The topological polar surface area (TPSA) is 114 Å². The fourth-order valence-corrected chi connectivity index (χ4v) is 1.62. The second-order valence-corrected chi connectivity index (χ2v) is 4.98. The number of aromatic nitrogens is 3. The zero-order valence-electron chi connectivity index (χ0n) is 11.3. The normalized spacial score (nSPS) is 12.2. The molecule has 0 radical (unpaired) electrons. The molecule has 0 aromatic carbocycles. The maximum absolute atomic E-state index is 10.8. The van der Waals surface area contributed by atoms with Crippen LogP contribution < -0.4 is 10.5 Å². The Kier molecular flexibility index (Phi) is 3.71. The third-order valence-corrected chi connectivity index (χ3v) is 2.45. The van der Waals surface area contributed by atoms with Gasteiger partial charge in [-0.15, -0.1) is 0 Å². The third-order valence-electron chi connectivity index (χ3n) is 2.45. The van der Waals surface area contributed by atoms with E-state index >= 15 is 0 Å². The Balaban J connectivity index is 2.39. The van der Waals surface area contributed by atoms with Crippen LogP contribution in [0.5, 0.6) is 5.88 Å². The van der Waals surface area contributed by atoms with Crippen LogP contribution in [0.1, 0.15) is 19.4 Å². The molecule has 2 aromatic heterocycles. The lowest BCUT2D eigenvalue weighted by molar-refractivity contribution is -0.113. The number of ether oxygens (including phenoxy) is 1. The van der Waals surface area contributed by atoms with E-state index in [1.807, 2.05) is 0 Å². The van der Waals surface area contributed by atoms with Gasteiger partial charge >= 0.3 is 0 Å². The summed E-state index contributed by atoms with van der Waals surface area (Å²) >= 11 is 0. The Morgan fingerprint density at radius 3 is 2.95 bits per heavy atom. The first kappa shape index (κ1) is 14.0. The van der Waals surface area contributed by atoms with Crippen molar-refractivity contribution < 1.29 is 14.6 Å². The lowest BCUT2D eigenvalue weighted by atomic mass is 10.2. The molecule has 0 fully saturated rings. The van der Waals surface area contributed by atoms with Crippen molar-refractivity contribution in [2.24, 2.45) is 5.73 Å². The molecule has 7 nitrogen and oxygen atoms in total. The number of fused-ring (bicyclic) bond motifs is 1. The van der Waals surface area contributed by atoms with Gasteiger partial charge in [0.15, 0.2) is 0 Å². The van der Waals surface area contributed by atoms with E-state index in [0.717, 1.165) is 0 Å². The van der Waals surface area contributed by atoms with Crippen LogP contribution in [0, 0.1) is 0 Å². The molecular weight excluding hydrogens is 260 g/mol. The summed E-state index contributed by atoms with van der Waals surface area (Å²) in [7, 11) is 0. The average Bonchev–Trinajstić information content (AvgIpc) is 2.76. The van der Waals surface area contributed by atoms with Crippen LogP contribution in [-0.2, 0) is 4.79 Å². The molecule has 2 heterocycles. The zero-order valence-corrected chi connectivity index (χ0v) is 11.3. The maximum Gasteiger partial charge on any atom is 0.241 e. The number of nitrogens with one attached hydrogen (secondary N) is 1. The van der Waals surface area contributed by atoms with E-state index in [-0.39, 0.29) is 6.61 Å². The number of amides is 1. The largest absolute Gasteiger partial charge is 0.474 e. The highest BCUT2D eigenvalue weighted by Crippen LogP contribution is 2.26. The highest BCUT2D eigenvalue weighted by Gasteiger charge is 2.17. The number of primary amides is 1. The fraction of sp³-hybridized carbons (Fsp3) is 0.308. The molecule has 0 bridgehead atoms. The van der Waals surface area contributed by atoms with Crippen molar-refractivity contribution in [2.75, 3.05) is 6.61 Å². The van der Waals surface area contributed by atoms with Crippen LogP contribution in [-0.4, -0.2) is 38.2 Å². The van der Waals surface area contributed by atoms with Gasteiger partial charge in [0.2, 0.25) is 11.8 Å². The van der Waals surface area contributed by atoms with Gasteiger partial charge in [0.1, 0.15) is 18.6 Å². The van der Waals surface area contributed by atoms with Crippen molar-refractivity contribution in [3.63, 3.8) is 0 Å². The van der Waals surface area contributed by atoms with Gasteiger partial charge in [0, 0.05) is 17.8 Å². The minimum absolute atomic E-state index is 0.0866. The van der Waals surface area contributed by atoms with E-state index in [1.165, 1.54) is 12.4 Å². The highest BCUT2D eigenvalue weighted by atomic mass is 16.5. The lowest BCUT2D eigenvalue weighted by Gasteiger charge is -2.17. The van der Waals surface area contributed by atoms with Gasteiger partial charge in [-0.1, -0.05) is 0 Å². The molecule has 0 aliphatic rings. The molecule has 0 saturated heterocycles. The van der Waals surface area contributed by atoms with Crippen LogP contribution in [0.25, 0.3) is 17.1 Å². The molecular formula is C13H16N4O3. The minimum Gasteiger partial charge on any atom is -0.474 e. The predicted octanol–water partition coefficient (Wildman–Crippen LogP) is 0.606. The summed E-state index contributed by atoms with van der Waals surface area (Å²) in [5.41, 5.74) is 5.36. The Hall–Kier alpha value is -2.41. The summed E-state index contributed by atoms with van der Waals surface area (Å²) in [4.78, 5) is 21.9. The van der Waals surface area contributed by atoms with E-state index in [4.69, 9.17) is 10.5 Å². The molecule has 4 N–H and O–H groups in total. The van der Waals surface area contributed by atoms with Crippen molar-refractivity contribution >= 4 is 23.0 Å². The quantitative estimate of drug-likeness (QED) is 0.692. The SMILES string of the molecule is CC(C)(O)COc1ncnc2[nH]cc(/C=C/C(N)=O)c12. The van der Waals surface area contributed by atoms with E-state index < -0.39 is 11.5 Å². The summed E-state index contributed by atoms with van der Waals surface area (Å²) in [6.07, 6.45) is 5.84. The monoisotopic (exact) mass is 276 g/mol. The Labute approximate surface area is 115 Å². The first-order chi connectivity index (χ1) is 9.37. The highest BCUT2D eigenvalue weighted by molar-refractivity contribution is 5.96. The van der Waals surface area contributed by atoms with Gasteiger partial charge in [-0.05, 0) is 19.9 Å². The number of carbonyl (C=O) groups is 1. The number of H-pyrrole nitrogens is 1. The maximum atomic E-state index is 10.8. The molecule has 0 spiro atoms. The number of nitrogens with zero attached hydrogens (tertiary/aromatic N) is 2. The molecule has 0 aliphatic heterocycles. The molecule has 106 valence electrons. The number of rotatable bonds is 5. The second kappa shape index (κ2) is 5.30. The molecule has 1 amide bonds. The molecule has 2 aromatic rings. The van der Waals surface area contributed by atoms with Gasteiger partial charge in [-0.2, -0.15) is 0 Å². The smallest absolute Gasteiger partial charge is 0.241 e. The number of nitrogens with two attached hydrogens (primary N) is 1. The van der Waals surface area contributed by atoms with Crippen molar-refractivity contribution in [3.8, 4) is 5.88 Å². The number of aliphatic hydroxyl groups is 1. The van der Waals surface area contributed by atoms with Gasteiger partial charge in [0.25, 0.3) is 0 Å². The average molecular weight is 276 g/mol. The molecule has 0 unspecified atom stereocenters. The molecule has 0 saturated carbocycles. The predicted molar refractivity (Wildman–Crippen MR) is 73.9 cm³/mol. The van der Waals surface area contributed by atoms with Gasteiger partial charge in [0.05, 0.1) is 11.0 Å². The zero-order chi connectivity index (χ0) is 14.8. The fourth-order valence-electron chi connectivity index (χ4n) is 1.62. The van der Waals surface area contributed by atoms with E-state index in [2.05, 4.69) is 15.0 Å². The Morgan fingerprint density at radius 1 is 1.55 bits per heavy atom. The summed E-state index contributed by atoms with van der Waals surface area (Å²) in [5, 5.41) is 10.3. The van der Waals surface area contributed by atoms with Crippen LogP contribution in [0.4, 0.5) is 0 Å². The van der Waals surface area contributed by atoms with Gasteiger partial charge < -0.3 is 20.6 Å². The summed E-state index contributed by atoms with van der Waals surface area (Å²) in [6.45, 7) is 3.36. The minimum atomic E-state index is -0.975. The van der Waals surface area contributed by atoms with Crippen molar-refractivity contribution in [3.05, 3.63) is 24.2 Å². The van der Waals surface area contributed by atoms with Crippen molar-refractivity contribution in [1.82, 2.24) is 15.0 Å². The first-order valence-corrected chi connectivity index (χ1v) is 6.01. The molecule has 2 rings (SSSR count). The number of carbonyl (C=O) groups excluding carboxylic acids is 1. The molecule has 0 aliphatic carbocycles. The van der Waals surface area contributed by atoms with E-state index in [1.54, 1.807) is 26.1 Å². The summed E-state index contributed by atoms with van der Waals surface area (Å²) < 4.78 is 5.52. The standard InChI is InChI=1S/C13H16N4O3/c1-13(2,19)6-20-12-10-8(3-4-9(14)18)5-15-11(10)16-7-17-12/h3-5,7,19H,6H2,1-2H3,(H2,14,18)(H,15,16,17)/b4-3+. The van der Waals surface area contributed by atoms with Crippen LogP contribution in [0.2, 0.25) is 0 Å². The third kappa shape index (κ3) is 3.33. The summed E-state index contributed by atoms with van der Waals surface area (Å²) in [5.74, 6) is -0.211. The van der Waals surface area contributed by atoms with E-state index in [9.17, 15) is 9.90 Å². The number of aromatic amines is 1. The number of hydrogen-bond acceptors (Lipinski definition) is 5. The number of hydrogen-bond donors (Lipinski definition) is 3. The second-order valence-electron chi connectivity index (χ2n) is 4.98. The van der Waals surface area contributed by atoms with Crippen molar-refractivity contribution in [2.45, 2.75) is 19.4 Å². The van der Waals surface area contributed by atoms with Crippen LogP contribution in [0.3, 0.4) is 0 Å². The Bertz CT molecular complexity index is 655. The molecule has 0 atom stereocenters. The van der Waals surface area contributed by atoms with Gasteiger partial charge in [-0.25, -0.2) is 9.97 Å². The van der Waals surface area contributed by atoms with Crippen LogP contribution in [0.15, 0.2) is 18.6 Å². The lowest BCUT2D eigenvalue weighted by Crippen LogP contribution is -2.28. The first-order valence-electron chi connectivity index (χ1n) is 6.01. The molecule has 20 heavy (non-hydrogen) atoms. The summed E-state index contributed by atoms with van der Waals surface area (Å²) in [6, 6.07) is 0.